The van der Waals surface area contributed by atoms with Crippen molar-refractivity contribution in [1.82, 2.24) is 0 Å². The fraction of sp³-hybridized carbons (Fsp3) is 0.333. The van der Waals surface area contributed by atoms with E-state index in [-0.39, 0.29) is 5.25 Å². The van der Waals surface area contributed by atoms with Gasteiger partial charge < -0.3 is 5.73 Å². The summed E-state index contributed by atoms with van der Waals surface area (Å²) in [6.07, 6.45) is 5.12. The Morgan fingerprint density at radius 3 is 2.70 bits per heavy atom. The molecule has 0 aromatic rings. The van der Waals surface area contributed by atoms with Crippen LogP contribution in [0.3, 0.4) is 0 Å². The lowest BCUT2D eigenvalue weighted by Gasteiger charge is -2.26. The Morgan fingerprint density at radius 1 is 1.70 bits per heavy atom. The van der Waals surface area contributed by atoms with Crippen LogP contribution in [-0.2, 0) is 0 Å². The maximum Gasteiger partial charge on any atom is 0.127 e. The minimum atomic E-state index is -0.936. The van der Waals surface area contributed by atoms with Crippen molar-refractivity contribution in [2.24, 2.45) is 5.73 Å². The zero-order valence-electron chi connectivity index (χ0n) is 5.09. The van der Waals surface area contributed by atoms with E-state index < -0.39 is 5.00 Å². The van der Waals surface area contributed by atoms with Crippen LogP contribution in [0.1, 0.15) is 0 Å². The van der Waals surface area contributed by atoms with Gasteiger partial charge in [-0.25, -0.2) is 0 Å². The van der Waals surface area contributed by atoms with Crippen molar-refractivity contribution in [3.63, 3.8) is 0 Å². The zero-order chi connectivity index (χ0) is 7.78. The zero-order valence-corrected chi connectivity index (χ0v) is 7.50. The smallest absolute Gasteiger partial charge is 0.127 e. The summed E-state index contributed by atoms with van der Waals surface area (Å²) in [5.41, 5.74) is 5.59. The molecule has 4 heteroatoms. The molecule has 1 aliphatic rings. The second kappa shape index (κ2) is 2.78. The summed E-state index contributed by atoms with van der Waals surface area (Å²) in [4.78, 5) is -0.936. The van der Waals surface area contributed by atoms with Crippen LogP contribution in [0.4, 0.5) is 0 Å². The molecule has 2 N–H and O–H groups in total. The summed E-state index contributed by atoms with van der Waals surface area (Å²) >= 11 is 15.7. The lowest BCUT2D eigenvalue weighted by atomic mass is 10.1. The topological polar surface area (TPSA) is 26.0 Å². The highest BCUT2D eigenvalue weighted by molar-refractivity contribution is 7.81. The van der Waals surface area contributed by atoms with E-state index in [9.17, 15) is 0 Å². The van der Waals surface area contributed by atoms with Crippen LogP contribution in [0.15, 0.2) is 23.3 Å². The van der Waals surface area contributed by atoms with E-state index in [1.165, 1.54) is 0 Å². The number of hydrogen-bond donors (Lipinski definition) is 2. The van der Waals surface area contributed by atoms with Gasteiger partial charge in [-0.1, -0.05) is 29.3 Å². The number of alkyl halides is 1. The van der Waals surface area contributed by atoms with Gasteiger partial charge in [0.2, 0.25) is 0 Å². The molecule has 0 aromatic heterocycles. The van der Waals surface area contributed by atoms with Gasteiger partial charge >= 0.3 is 0 Å². The fourth-order valence-corrected chi connectivity index (χ4v) is 1.35. The van der Waals surface area contributed by atoms with Gasteiger partial charge in [-0.15, -0.1) is 0 Å². The Morgan fingerprint density at radius 2 is 2.30 bits per heavy atom. The number of rotatable bonds is 0. The molecular weight excluding hydrogens is 189 g/mol. The Kier molecular flexibility index (Phi) is 2.35. The van der Waals surface area contributed by atoms with Gasteiger partial charge in [0.25, 0.3) is 0 Å². The molecule has 0 radical (unpaired) electrons. The van der Waals surface area contributed by atoms with Crippen LogP contribution < -0.4 is 5.73 Å². The predicted octanol–water partition coefficient (Wildman–Crippen LogP) is 1.87. The van der Waals surface area contributed by atoms with E-state index in [1.54, 1.807) is 18.2 Å². The first-order valence-electron chi connectivity index (χ1n) is 2.75. The average molecular weight is 196 g/mol. The number of thiol groups is 1. The van der Waals surface area contributed by atoms with Crippen molar-refractivity contribution in [2.75, 3.05) is 0 Å². The summed E-state index contributed by atoms with van der Waals surface area (Å²) in [5.74, 6) is 0. The molecule has 2 atom stereocenters. The van der Waals surface area contributed by atoms with Crippen LogP contribution in [0.25, 0.3) is 0 Å². The van der Waals surface area contributed by atoms with Crippen molar-refractivity contribution in [2.45, 2.75) is 10.2 Å². The quantitative estimate of drug-likeness (QED) is 0.345. The van der Waals surface area contributed by atoms with Crippen molar-refractivity contribution in [3.05, 3.63) is 23.3 Å². The molecule has 0 fully saturated rings. The lowest BCUT2D eigenvalue weighted by Crippen LogP contribution is -2.42. The van der Waals surface area contributed by atoms with E-state index in [0.29, 0.717) is 5.03 Å². The molecule has 0 amide bonds. The Bertz CT molecular complexity index is 198. The molecule has 10 heavy (non-hydrogen) atoms. The minimum Gasteiger partial charge on any atom is -0.308 e. The van der Waals surface area contributed by atoms with E-state index in [0.717, 1.165) is 0 Å². The first kappa shape index (κ1) is 8.47. The van der Waals surface area contributed by atoms with Gasteiger partial charge in [-0.3, -0.25) is 0 Å². The summed E-state index contributed by atoms with van der Waals surface area (Å²) in [5, 5.41) is 0.268. The van der Waals surface area contributed by atoms with Crippen molar-refractivity contribution >= 4 is 35.8 Å². The van der Waals surface area contributed by atoms with Crippen LogP contribution in [0.5, 0.6) is 0 Å². The number of hydrogen-bond acceptors (Lipinski definition) is 2. The van der Waals surface area contributed by atoms with Gasteiger partial charge in [0, 0.05) is 5.03 Å². The highest BCUT2D eigenvalue weighted by Gasteiger charge is 2.31. The standard InChI is InChI=1S/C6H7Cl2NS/c7-4-2-1-3-6(8,9)5(4)10/h1-3,5,10H,9H2. The van der Waals surface area contributed by atoms with Gasteiger partial charge in [0.1, 0.15) is 5.00 Å². The highest BCUT2D eigenvalue weighted by Crippen LogP contribution is 2.31. The Hall–Kier alpha value is 0.370. The molecule has 0 aromatic carbocycles. The average Bonchev–Trinajstić information content (AvgIpc) is 1.83. The molecule has 0 saturated carbocycles. The maximum atomic E-state index is 5.81. The monoisotopic (exact) mass is 195 g/mol. The minimum absolute atomic E-state index is 0.305. The molecule has 0 saturated heterocycles. The molecule has 0 spiro atoms. The molecule has 2 unspecified atom stereocenters. The van der Waals surface area contributed by atoms with Gasteiger partial charge in [0.05, 0.1) is 5.25 Å². The summed E-state index contributed by atoms with van der Waals surface area (Å²) in [6, 6.07) is 0. The first-order valence-corrected chi connectivity index (χ1v) is 4.02. The molecule has 1 rings (SSSR count). The van der Waals surface area contributed by atoms with Crippen molar-refractivity contribution in [1.29, 1.82) is 0 Å². The van der Waals surface area contributed by atoms with Crippen LogP contribution >= 0.6 is 35.8 Å². The van der Waals surface area contributed by atoms with Crippen molar-refractivity contribution in [3.8, 4) is 0 Å². The Balaban J connectivity index is 2.89. The highest BCUT2D eigenvalue weighted by atomic mass is 35.5. The van der Waals surface area contributed by atoms with E-state index in [4.69, 9.17) is 28.9 Å². The summed E-state index contributed by atoms with van der Waals surface area (Å²) in [6.45, 7) is 0. The third-order valence-corrected chi connectivity index (χ3v) is 2.99. The lowest BCUT2D eigenvalue weighted by molar-refractivity contribution is 0.753. The first-order chi connectivity index (χ1) is 4.54. The van der Waals surface area contributed by atoms with Gasteiger partial charge in [-0.2, -0.15) is 12.6 Å². The molecule has 1 nitrogen and oxygen atoms in total. The largest absolute Gasteiger partial charge is 0.308 e. The maximum absolute atomic E-state index is 5.81. The van der Waals surface area contributed by atoms with Crippen molar-refractivity contribution < 1.29 is 0 Å². The molecule has 0 aliphatic heterocycles. The predicted molar refractivity (Wildman–Crippen MR) is 48.6 cm³/mol. The molecular formula is C6H7Cl2NS. The van der Waals surface area contributed by atoms with Crippen LogP contribution in [0, 0.1) is 0 Å². The van der Waals surface area contributed by atoms with E-state index in [1.807, 2.05) is 0 Å². The van der Waals surface area contributed by atoms with Crippen LogP contribution in [0.2, 0.25) is 0 Å². The van der Waals surface area contributed by atoms with E-state index in [2.05, 4.69) is 12.6 Å². The summed E-state index contributed by atoms with van der Waals surface area (Å²) in [7, 11) is 0. The summed E-state index contributed by atoms with van der Waals surface area (Å²) < 4.78 is 0. The number of nitrogens with two attached hydrogens (primary N) is 1. The second-order valence-corrected chi connectivity index (χ2v) is 3.75. The SMILES string of the molecule is NC1(Cl)C=CC=C(Cl)C1S. The molecule has 0 heterocycles. The van der Waals surface area contributed by atoms with E-state index >= 15 is 0 Å². The Labute approximate surface area is 75.3 Å². The molecule has 1 aliphatic carbocycles. The van der Waals surface area contributed by atoms with Crippen LogP contribution in [-0.4, -0.2) is 10.2 Å². The number of allylic oxidation sites excluding steroid dienone is 2. The molecule has 0 bridgehead atoms. The molecule has 56 valence electrons. The third-order valence-electron chi connectivity index (χ3n) is 1.29. The van der Waals surface area contributed by atoms with Gasteiger partial charge in [-0.05, 0) is 12.2 Å². The fourth-order valence-electron chi connectivity index (χ4n) is 0.681. The third kappa shape index (κ3) is 1.51. The second-order valence-electron chi connectivity index (χ2n) is 2.14. The number of halogens is 2. The normalized spacial score (nSPS) is 39.6. The van der Waals surface area contributed by atoms with Gasteiger partial charge in [0.15, 0.2) is 0 Å².